The van der Waals surface area contributed by atoms with E-state index in [-0.39, 0.29) is 12.1 Å². The molecule has 0 aliphatic heterocycles. The highest BCUT2D eigenvalue weighted by molar-refractivity contribution is 5.69. The summed E-state index contributed by atoms with van der Waals surface area (Å²) in [6, 6.07) is 0. The van der Waals surface area contributed by atoms with Crippen molar-refractivity contribution in [3.63, 3.8) is 0 Å². The maximum Gasteiger partial charge on any atom is 0.306 e. The molecule has 45 heavy (non-hydrogen) atoms. The molecule has 0 radical (unpaired) electrons. The number of hydrogen-bond donors (Lipinski definition) is 0. The molecular weight excluding hydrogens is 548 g/mol. The second-order valence-electron chi connectivity index (χ2n) is 17.3. The molecule has 2 heteroatoms. The predicted octanol–water partition coefficient (Wildman–Crippen LogP) is 13.2. The summed E-state index contributed by atoms with van der Waals surface area (Å²) in [5.74, 6) is 5.29. The molecule has 0 bridgehead atoms. The first kappa shape index (κ1) is 36.8. The summed E-state index contributed by atoms with van der Waals surface area (Å²) in [6.07, 6.45) is 36.6. The zero-order valence-electron chi connectivity index (χ0n) is 30.9. The van der Waals surface area contributed by atoms with Crippen LogP contribution in [0.3, 0.4) is 0 Å². The maximum absolute atomic E-state index is 12.8. The zero-order valence-corrected chi connectivity index (χ0v) is 30.9. The van der Waals surface area contributed by atoms with E-state index in [0.717, 1.165) is 67.6 Å². The molecule has 0 aromatic heterocycles. The molecule has 3 saturated carbocycles. The molecule has 0 N–H and O–H groups in total. The average Bonchev–Trinajstić information content (AvgIpc) is 3.37. The minimum absolute atomic E-state index is 0.0397. The third-order valence-corrected chi connectivity index (χ3v) is 13.7. The first-order chi connectivity index (χ1) is 21.7. The van der Waals surface area contributed by atoms with Gasteiger partial charge in [-0.05, 0) is 123 Å². The topological polar surface area (TPSA) is 26.3 Å². The van der Waals surface area contributed by atoms with Crippen molar-refractivity contribution >= 4 is 5.97 Å². The van der Waals surface area contributed by atoms with Gasteiger partial charge in [-0.1, -0.05) is 123 Å². The van der Waals surface area contributed by atoms with Crippen molar-refractivity contribution in [3.05, 3.63) is 23.8 Å². The monoisotopic (exact) mass is 623 g/mol. The van der Waals surface area contributed by atoms with Gasteiger partial charge in [0.05, 0.1) is 0 Å². The van der Waals surface area contributed by atoms with Gasteiger partial charge in [0.2, 0.25) is 0 Å². The van der Waals surface area contributed by atoms with Crippen LogP contribution in [0.2, 0.25) is 0 Å². The molecule has 0 amide bonds. The summed E-state index contributed by atoms with van der Waals surface area (Å²) >= 11 is 0. The Hall–Kier alpha value is -1.05. The van der Waals surface area contributed by atoms with Gasteiger partial charge in [-0.3, -0.25) is 4.79 Å². The van der Waals surface area contributed by atoms with E-state index in [1.165, 1.54) is 109 Å². The molecular formula is C43H74O2. The predicted molar refractivity (Wildman–Crippen MR) is 193 cm³/mol. The van der Waals surface area contributed by atoms with Crippen molar-refractivity contribution in [1.29, 1.82) is 0 Å². The SMILES string of the molecule is CCCCCCCCC/C=C\CCCCC(=O)OC1CCC2(C)C(=CCC3C2CCC2(C)C(C(C)CCCC(C)C)CCC32)C1. The second-order valence-corrected chi connectivity index (χ2v) is 17.3. The summed E-state index contributed by atoms with van der Waals surface area (Å²) in [5, 5.41) is 0. The van der Waals surface area contributed by atoms with Crippen LogP contribution < -0.4 is 0 Å². The lowest BCUT2D eigenvalue weighted by Crippen LogP contribution is -2.51. The van der Waals surface area contributed by atoms with Gasteiger partial charge in [0.25, 0.3) is 0 Å². The van der Waals surface area contributed by atoms with E-state index < -0.39 is 0 Å². The number of carbonyl (C=O) groups is 1. The van der Waals surface area contributed by atoms with E-state index in [9.17, 15) is 4.79 Å². The first-order valence-corrected chi connectivity index (χ1v) is 20.2. The molecule has 4 rings (SSSR count). The molecule has 258 valence electrons. The lowest BCUT2D eigenvalue weighted by molar-refractivity contribution is -0.151. The molecule has 0 aromatic rings. The smallest absolute Gasteiger partial charge is 0.306 e. The molecule has 0 aromatic carbocycles. The van der Waals surface area contributed by atoms with Crippen molar-refractivity contribution in [2.75, 3.05) is 0 Å². The lowest BCUT2D eigenvalue weighted by atomic mass is 9.47. The first-order valence-electron chi connectivity index (χ1n) is 20.2. The van der Waals surface area contributed by atoms with Crippen LogP contribution in [0.5, 0.6) is 0 Å². The Morgan fingerprint density at radius 3 is 2.29 bits per heavy atom. The molecule has 4 aliphatic rings. The van der Waals surface area contributed by atoms with E-state index >= 15 is 0 Å². The Labute approximate surface area is 280 Å². The van der Waals surface area contributed by atoms with E-state index in [2.05, 4.69) is 59.8 Å². The fraction of sp³-hybridized carbons (Fsp3) is 0.884. The Bertz CT molecular complexity index is 945. The number of allylic oxidation sites excluding steroid dienone is 3. The Morgan fingerprint density at radius 2 is 1.56 bits per heavy atom. The maximum atomic E-state index is 12.8. The van der Waals surface area contributed by atoms with Crippen LogP contribution in [0.15, 0.2) is 23.8 Å². The number of ether oxygens (including phenoxy) is 1. The van der Waals surface area contributed by atoms with Crippen molar-refractivity contribution < 1.29 is 9.53 Å². The van der Waals surface area contributed by atoms with E-state index in [1.54, 1.807) is 5.57 Å². The van der Waals surface area contributed by atoms with Gasteiger partial charge >= 0.3 is 5.97 Å². The van der Waals surface area contributed by atoms with E-state index in [0.29, 0.717) is 17.3 Å². The normalized spacial score (nSPS) is 33.5. The zero-order chi connectivity index (χ0) is 32.3. The van der Waals surface area contributed by atoms with Crippen LogP contribution in [0.1, 0.15) is 189 Å². The van der Waals surface area contributed by atoms with E-state index in [4.69, 9.17) is 4.74 Å². The standard InChI is InChI=1S/C43H74O2/c1-7-8-9-10-11-12-13-14-15-16-17-18-19-23-41(44)45-36-28-30-42(5)35(32-36)24-25-37-39-27-26-38(34(4)22-20-21-33(2)3)43(39,6)31-29-40(37)42/h15-16,24,33-34,36-40H,7-14,17-23,25-32H2,1-6H3/b16-15-. The number of esters is 1. The lowest BCUT2D eigenvalue weighted by Gasteiger charge is -2.58. The third kappa shape index (κ3) is 9.75. The molecule has 4 aliphatic carbocycles. The quantitative estimate of drug-likeness (QED) is 0.0814. The highest BCUT2D eigenvalue weighted by Gasteiger charge is 2.59. The number of fused-ring (bicyclic) bond motifs is 5. The minimum Gasteiger partial charge on any atom is -0.462 e. The fourth-order valence-electron chi connectivity index (χ4n) is 11.0. The van der Waals surface area contributed by atoms with Gasteiger partial charge < -0.3 is 4.74 Å². The molecule has 3 fully saturated rings. The fourth-order valence-corrected chi connectivity index (χ4v) is 11.0. The minimum atomic E-state index is 0.0397. The summed E-state index contributed by atoms with van der Waals surface area (Å²) in [4.78, 5) is 12.8. The Balaban J connectivity index is 1.16. The van der Waals surface area contributed by atoms with Crippen molar-refractivity contribution in [2.24, 2.45) is 46.3 Å². The Morgan fingerprint density at radius 1 is 0.844 bits per heavy atom. The number of unbranched alkanes of at least 4 members (excludes halogenated alkanes) is 9. The number of rotatable bonds is 19. The molecule has 0 saturated heterocycles. The van der Waals surface area contributed by atoms with Gasteiger partial charge in [0.15, 0.2) is 0 Å². The van der Waals surface area contributed by atoms with Crippen LogP contribution in [0.25, 0.3) is 0 Å². The van der Waals surface area contributed by atoms with Gasteiger partial charge in [-0.15, -0.1) is 0 Å². The summed E-state index contributed by atoms with van der Waals surface area (Å²) in [6.45, 7) is 14.9. The van der Waals surface area contributed by atoms with Crippen LogP contribution >= 0.6 is 0 Å². The summed E-state index contributed by atoms with van der Waals surface area (Å²) in [5.41, 5.74) is 2.52. The van der Waals surface area contributed by atoms with Crippen molar-refractivity contribution in [1.82, 2.24) is 0 Å². The van der Waals surface area contributed by atoms with Crippen LogP contribution in [0.4, 0.5) is 0 Å². The molecule has 8 atom stereocenters. The molecule has 8 unspecified atom stereocenters. The van der Waals surface area contributed by atoms with Gasteiger partial charge in [-0.2, -0.15) is 0 Å². The van der Waals surface area contributed by atoms with Gasteiger partial charge in [-0.25, -0.2) is 0 Å². The average molecular weight is 623 g/mol. The highest BCUT2D eigenvalue weighted by Crippen LogP contribution is 2.67. The highest BCUT2D eigenvalue weighted by atomic mass is 16.5. The molecule has 2 nitrogen and oxygen atoms in total. The van der Waals surface area contributed by atoms with Gasteiger partial charge in [0.1, 0.15) is 6.10 Å². The number of hydrogen-bond acceptors (Lipinski definition) is 2. The second kappa shape index (κ2) is 17.9. The van der Waals surface area contributed by atoms with Crippen LogP contribution in [-0.4, -0.2) is 12.1 Å². The Kier molecular flexibility index (Phi) is 14.6. The van der Waals surface area contributed by atoms with E-state index in [1.807, 2.05) is 0 Å². The molecule has 0 heterocycles. The van der Waals surface area contributed by atoms with Crippen molar-refractivity contribution in [2.45, 2.75) is 195 Å². The third-order valence-electron chi connectivity index (χ3n) is 13.7. The van der Waals surface area contributed by atoms with Crippen LogP contribution in [0, 0.1) is 46.3 Å². The summed E-state index contributed by atoms with van der Waals surface area (Å²) < 4.78 is 6.10. The largest absolute Gasteiger partial charge is 0.462 e. The molecule has 0 spiro atoms. The number of carbonyl (C=O) groups excluding carboxylic acids is 1. The van der Waals surface area contributed by atoms with Crippen molar-refractivity contribution in [3.8, 4) is 0 Å². The van der Waals surface area contributed by atoms with Gasteiger partial charge in [0, 0.05) is 12.8 Å². The summed E-state index contributed by atoms with van der Waals surface area (Å²) in [7, 11) is 0. The van der Waals surface area contributed by atoms with Crippen LogP contribution in [-0.2, 0) is 9.53 Å².